The van der Waals surface area contributed by atoms with E-state index in [4.69, 9.17) is 56.7 Å². The Morgan fingerprint density at radius 1 is 0.446 bits per heavy atom. The molecule has 0 saturated heterocycles. The van der Waals surface area contributed by atoms with Crippen LogP contribution in [-0.2, 0) is 34.2 Å². The Balaban J connectivity index is 0.000000147. The van der Waals surface area contributed by atoms with E-state index in [1.807, 2.05) is 81.4 Å². The van der Waals surface area contributed by atoms with Crippen LogP contribution in [0.2, 0.25) is 10.0 Å². The highest BCUT2D eigenvalue weighted by Crippen LogP contribution is 2.58. The summed E-state index contributed by atoms with van der Waals surface area (Å²) in [5.74, 6) is -3.91. The maximum Gasteiger partial charge on any atom is 0.307 e. The van der Waals surface area contributed by atoms with Crippen molar-refractivity contribution in [3.63, 3.8) is 0 Å². The summed E-state index contributed by atoms with van der Waals surface area (Å²) in [6.07, 6.45) is 2.19. The van der Waals surface area contributed by atoms with E-state index in [1.54, 1.807) is 97.2 Å². The SMILES string of the molecule is CCC(=O)[C@H]1C[C@@H]1c1cc2c(cc1OC)OCc1c(C(=O)N(C)C(C)(C)C)nn(-c3cc(F)cc(F)c3)c1-2.COc1cc2c(cc1[C@H]1C[C@@H]1C(=O)O)-c1c(c(C(=O)N(C)C(C)(C)C)nn1-c1cc(F)cc(F)c1)CO2.COc1cc2c(cc1[C@H]1C[C@H]1C(=O)O)-c1c(c(C(=O)N(C)C(C)(C)C)nn1-c1cc(Cl)cc(Cl)c1)CO2. The number of amides is 3. The number of aliphatic carboxylic acids is 2. The summed E-state index contributed by atoms with van der Waals surface area (Å²) in [7, 11) is 9.70. The van der Waals surface area contributed by atoms with Gasteiger partial charge in [0.1, 0.15) is 83.4 Å². The molecule has 6 aliphatic rings. The van der Waals surface area contributed by atoms with E-state index in [-0.39, 0.29) is 95.5 Å². The Hall–Kier alpha value is -10.9. The molecule has 6 atom stereocenters. The van der Waals surface area contributed by atoms with E-state index < -0.39 is 63.7 Å². The van der Waals surface area contributed by atoms with Gasteiger partial charge in [-0.1, -0.05) is 30.1 Å². The fourth-order valence-electron chi connectivity index (χ4n) is 14.3. The Kier molecular flexibility index (Phi) is 20.9. The van der Waals surface area contributed by atoms with Gasteiger partial charge in [0.05, 0.1) is 67.3 Å². The number of rotatable bonds is 16. The molecule has 0 radical (unpaired) electrons. The first-order valence-electron chi connectivity index (χ1n) is 36.4. The maximum atomic E-state index is 14.3. The highest BCUT2D eigenvalue weighted by atomic mass is 35.5. The minimum absolute atomic E-state index is 0.00285. The van der Waals surface area contributed by atoms with Crippen LogP contribution in [-0.4, -0.2) is 149 Å². The second-order valence-corrected chi connectivity index (χ2v) is 32.6. The number of carboxylic acids is 2. The molecule has 0 bridgehead atoms. The molecule has 3 aromatic heterocycles. The van der Waals surface area contributed by atoms with Crippen LogP contribution in [0.5, 0.6) is 34.5 Å². The summed E-state index contributed by atoms with van der Waals surface area (Å²) >= 11 is 12.7. The molecule has 6 aromatic carbocycles. The molecule has 6 heterocycles. The highest BCUT2D eigenvalue weighted by Gasteiger charge is 2.50. The average Bonchev–Trinajstić information content (AvgIpc) is 1.57. The summed E-state index contributed by atoms with van der Waals surface area (Å²) < 4.78 is 96.4. The van der Waals surface area contributed by atoms with Crippen LogP contribution in [0.4, 0.5) is 17.6 Å². The number of ketones is 1. The number of ether oxygens (including phenoxy) is 6. The number of nitrogens with zero attached hydrogens (tertiary/aromatic N) is 9. The van der Waals surface area contributed by atoms with Gasteiger partial charge in [0, 0.05) is 136 Å². The van der Waals surface area contributed by atoms with Gasteiger partial charge in [-0.3, -0.25) is 28.8 Å². The topological polar surface area (TPSA) is 261 Å². The number of aromatic nitrogens is 6. The third kappa shape index (κ3) is 15.0. The lowest BCUT2D eigenvalue weighted by atomic mass is 9.96. The Bertz CT molecular complexity index is 5110. The Morgan fingerprint density at radius 3 is 0.982 bits per heavy atom. The largest absolute Gasteiger partial charge is 0.496 e. The minimum Gasteiger partial charge on any atom is -0.496 e. The van der Waals surface area contributed by atoms with Crippen LogP contribution in [0.25, 0.3) is 50.8 Å². The first kappa shape index (κ1) is 79.2. The predicted octanol–water partition coefficient (Wildman–Crippen LogP) is 16.3. The van der Waals surface area contributed by atoms with Crippen molar-refractivity contribution in [1.82, 2.24) is 44.0 Å². The van der Waals surface area contributed by atoms with Gasteiger partial charge in [-0.25, -0.2) is 31.6 Å². The summed E-state index contributed by atoms with van der Waals surface area (Å²) in [5.41, 5.74) is 7.35. The smallest absolute Gasteiger partial charge is 0.307 e. The van der Waals surface area contributed by atoms with E-state index >= 15 is 0 Å². The number of benzene rings is 6. The summed E-state index contributed by atoms with van der Waals surface area (Å²) in [5, 5.41) is 33.7. The van der Waals surface area contributed by atoms with Gasteiger partial charge in [0.25, 0.3) is 17.7 Å². The van der Waals surface area contributed by atoms with Gasteiger partial charge in [0.2, 0.25) is 0 Å². The van der Waals surface area contributed by atoms with Gasteiger partial charge in [-0.2, -0.15) is 15.3 Å². The molecule has 0 unspecified atom stereocenters. The fourth-order valence-corrected chi connectivity index (χ4v) is 14.8. The van der Waals surface area contributed by atoms with Crippen molar-refractivity contribution in [3.05, 3.63) is 175 Å². The van der Waals surface area contributed by atoms with Crippen LogP contribution < -0.4 is 28.4 Å². The number of hydrogen-bond donors (Lipinski definition) is 2. The number of carbonyl (C=O) groups is 6. The molecule has 3 fully saturated rings. The van der Waals surface area contributed by atoms with Crippen molar-refractivity contribution in [1.29, 1.82) is 0 Å². The van der Waals surface area contributed by atoms with Crippen molar-refractivity contribution >= 4 is 58.6 Å². The molecule has 0 spiro atoms. The zero-order valence-corrected chi connectivity index (χ0v) is 66.2. The van der Waals surface area contributed by atoms with Crippen LogP contribution in [0.15, 0.2) is 91.0 Å². The van der Waals surface area contributed by atoms with Crippen molar-refractivity contribution < 1.29 is 85.0 Å². The molecule has 15 rings (SSSR count). The predicted molar refractivity (Wildman–Crippen MR) is 408 cm³/mol. The number of hydrogen-bond acceptors (Lipinski definition) is 15. The van der Waals surface area contributed by atoms with E-state index in [9.17, 15) is 56.5 Å². The van der Waals surface area contributed by atoms with E-state index in [1.165, 1.54) is 28.6 Å². The first-order valence-corrected chi connectivity index (χ1v) is 37.1. The lowest BCUT2D eigenvalue weighted by molar-refractivity contribution is -0.139. The monoisotopic (exact) mass is 1580 g/mol. The molecule has 23 nitrogen and oxygen atoms in total. The summed E-state index contributed by atoms with van der Waals surface area (Å²) in [4.78, 5) is 81.0. The minimum atomic E-state index is -0.889. The summed E-state index contributed by atoms with van der Waals surface area (Å²) in [6.45, 7) is 19.2. The van der Waals surface area contributed by atoms with Crippen molar-refractivity contribution in [3.8, 4) is 85.3 Å². The van der Waals surface area contributed by atoms with E-state index in [0.29, 0.717) is 126 Å². The lowest BCUT2D eigenvalue weighted by Crippen LogP contribution is -2.43. The van der Waals surface area contributed by atoms with Crippen molar-refractivity contribution in [2.75, 3.05) is 42.5 Å². The molecule has 112 heavy (non-hydrogen) atoms. The third-order valence-electron chi connectivity index (χ3n) is 21.6. The maximum absolute atomic E-state index is 14.3. The molecule has 29 heteroatoms. The zero-order chi connectivity index (χ0) is 81.1. The molecule has 3 aliphatic heterocycles. The normalized spacial score (nSPS) is 17.9. The highest BCUT2D eigenvalue weighted by molar-refractivity contribution is 6.35. The Morgan fingerprint density at radius 2 is 0.723 bits per heavy atom. The number of carboxylic acid groups (broad SMARTS) is 2. The van der Waals surface area contributed by atoms with E-state index in [0.717, 1.165) is 41.8 Å². The molecular weight excluding hydrogens is 1490 g/mol. The van der Waals surface area contributed by atoms with Gasteiger partial charge < -0.3 is 53.3 Å². The molecule has 3 amide bonds. The first-order chi connectivity index (χ1) is 52.7. The number of fused-ring (bicyclic) bond motifs is 9. The number of methoxy groups -OCH3 is 3. The molecule has 3 aliphatic carbocycles. The van der Waals surface area contributed by atoms with Gasteiger partial charge >= 0.3 is 11.9 Å². The van der Waals surface area contributed by atoms with Gasteiger partial charge in [-0.15, -0.1) is 0 Å². The van der Waals surface area contributed by atoms with Gasteiger partial charge in [-0.05, 0) is 165 Å². The standard InChI is InChI=1S/C29H31F2N3O4.C27H27Cl2N3O5.C27H27F2N3O5/c1-7-23(35)19-11-18(19)20-12-21-25(13-24(20)37-6)38-14-22-26(28(36)33(5)29(2,3)4)32-34(27(21)22)17-9-15(30)8-16(31)10-17;2*1-27(2,3)31(4)25(33)23-20-12-37-22-11-21(36-5)17(16-9-18(16)26(34)35)10-19(22)24(20)32(30-23)15-7-13(28)6-14(29)8-15/h8-10,12-13,18-19H,7,11,14H2,1-6H3;2*6-8,10-11,16,18H,9,12H2,1-5H3,(H,34,35)/t18-,19-;16-,18-;16-,18+/m011/s1. The third-order valence-corrected chi connectivity index (χ3v) is 22.0. The fraction of sp³-hybridized carbons (Fsp3) is 0.386. The lowest BCUT2D eigenvalue weighted by Gasteiger charge is -2.31. The molecule has 9 aromatic rings. The molecular formula is C83H85Cl2F4N9O14. The zero-order valence-electron chi connectivity index (χ0n) is 64.7. The molecule has 588 valence electrons. The van der Waals surface area contributed by atoms with Crippen molar-refractivity contribution in [2.45, 2.75) is 149 Å². The second kappa shape index (κ2) is 29.6. The van der Waals surface area contributed by atoms with Crippen LogP contribution in [0.1, 0.15) is 178 Å². The molecule has 2 N–H and O–H groups in total. The van der Waals surface area contributed by atoms with E-state index in [2.05, 4.69) is 10.2 Å². The number of halogens is 6. The van der Waals surface area contributed by atoms with Crippen molar-refractivity contribution in [2.24, 2.45) is 17.8 Å². The van der Waals surface area contributed by atoms with Crippen LogP contribution in [0, 0.1) is 41.0 Å². The molecule has 3 saturated carbocycles. The Labute approximate surface area is 653 Å². The quantitative estimate of drug-likeness (QED) is 0.0852. The van der Waals surface area contributed by atoms with Crippen LogP contribution >= 0.6 is 23.2 Å². The van der Waals surface area contributed by atoms with Gasteiger partial charge in [0.15, 0.2) is 17.1 Å². The second-order valence-electron chi connectivity index (χ2n) is 31.7. The summed E-state index contributed by atoms with van der Waals surface area (Å²) in [6, 6.07) is 22.0. The number of carbonyl (C=O) groups excluding carboxylic acids is 4. The average molecular weight is 1580 g/mol. The van der Waals surface area contributed by atoms with Crippen LogP contribution in [0.3, 0.4) is 0 Å². The number of Topliss-reactive ketones (excluding diaryl/α,β-unsaturated/α-hetero) is 1.